The average molecular weight is 326 g/mol. The third-order valence-corrected chi connectivity index (χ3v) is 4.23. The topological polar surface area (TPSA) is 21.3 Å². The molecule has 0 aliphatic heterocycles. The van der Waals surface area contributed by atoms with E-state index >= 15 is 0 Å². The van der Waals surface area contributed by atoms with Crippen LogP contribution in [0.2, 0.25) is 0 Å². The van der Waals surface area contributed by atoms with Crippen molar-refractivity contribution in [2.75, 3.05) is 13.7 Å². The Bertz CT molecular complexity index is 495. The van der Waals surface area contributed by atoms with Crippen LogP contribution in [-0.2, 0) is 0 Å². The number of methoxy groups -OCH3 is 1. The molecule has 0 fully saturated rings. The zero-order chi connectivity index (χ0) is 13.0. The summed E-state index contributed by atoms with van der Waals surface area (Å²) in [7, 11) is 1.70. The molecule has 0 bridgehead atoms. The van der Waals surface area contributed by atoms with Crippen molar-refractivity contribution in [1.29, 1.82) is 0 Å². The van der Waals surface area contributed by atoms with Crippen LogP contribution in [0.25, 0.3) is 0 Å². The highest BCUT2D eigenvalue weighted by Crippen LogP contribution is 2.31. The Labute approximate surface area is 120 Å². The fraction of sp³-hybridized carbons (Fsp3) is 0.286. The molecule has 1 aromatic carbocycles. The zero-order valence-electron chi connectivity index (χ0n) is 10.4. The summed E-state index contributed by atoms with van der Waals surface area (Å²) in [5, 5.41) is 5.55. The van der Waals surface area contributed by atoms with Gasteiger partial charge in [-0.05, 0) is 30.3 Å². The molecule has 0 saturated heterocycles. The minimum Gasteiger partial charge on any atom is -0.496 e. The largest absolute Gasteiger partial charge is 0.496 e. The van der Waals surface area contributed by atoms with Crippen LogP contribution in [-0.4, -0.2) is 13.7 Å². The van der Waals surface area contributed by atoms with E-state index in [1.165, 1.54) is 10.4 Å². The molecule has 2 rings (SSSR count). The number of hydrogen-bond acceptors (Lipinski definition) is 3. The fourth-order valence-corrected chi connectivity index (χ4v) is 3.06. The highest BCUT2D eigenvalue weighted by molar-refractivity contribution is 9.10. The number of halogens is 1. The molecule has 2 aromatic rings. The molecule has 0 aliphatic rings. The van der Waals surface area contributed by atoms with Crippen molar-refractivity contribution >= 4 is 27.3 Å². The molecule has 0 aliphatic carbocycles. The maximum Gasteiger partial charge on any atom is 0.129 e. The van der Waals surface area contributed by atoms with E-state index in [0.717, 1.165) is 16.8 Å². The van der Waals surface area contributed by atoms with Gasteiger partial charge in [0.05, 0.1) is 13.2 Å². The number of hydrogen-bond donors (Lipinski definition) is 1. The molecule has 4 heteroatoms. The van der Waals surface area contributed by atoms with Gasteiger partial charge in [0.15, 0.2) is 0 Å². The van der Waals surface area contributed by atoms with Gasteiger partial charge in [0.1, 0.15) is 5.75 Å². The summed E-state index contributed by atoms with van der Waals surface area (Å²) in [6.45, 7) is 3.05. The van der Waals surface area contributed by atoms with Crippen molar-refractivity contribution in [1.82, 2.24) is 5.32 Å². The van der Waals surface area contributed by atoms with E-state index in [1.54, 1.807) is 18.4 Å². The predicted octanol–water partition coefficient (Wildman–Crippen LogP) is 4.22. The number of nitrogens with one attached hydrogen (secondary N) is 1. The molecule has 1 heterocycles. The first-order chi connectivity index (χ1) is 8.74. The Morgan fingerprint density at radius 3 is 2.61 bits per heavy atom. The molecule has 1 aromatic heterocycles. The molecule has 1 unspecified atom stereocenters. The molecule has 0 amide bonds. The molecule has 96 valence electrons. The van der Waals surface area contributed by atoms with Crippen molar-refractivity contribution in [2.45, 2.75) is 13.0 Å². The standard InChI is InChI=1S/C14H16BrNOS/c1-3-16-14(10-4-6-11(15)7-5-10)13-8-12(17-2)9-18-13/h4-9,14,16H,3H2,1-2H3. The molecular formula is C14H16BrNOS. The normalized spacial score (nSPS) is 12.4. The van der Waals surface area contributed by atoms with Gasteiger partial charge in [-0.25, -0.2) is 0 Å². The van der Waals surface area contributed by atoms with E-state index < -0.39 is 0 Å². The highest BCUT2D eigenvalue weighted by atomic mass is 79.9. The number of benzene rings is 1. The van der Waals surface area contributed by atoms with Gasteiger partial charge in [-0.15, -0.1) is 11.3 Å². The van der Waals surface area contributed by atoms with Gasteiger partial charge < -0.3 is 10.1 Å². The lowest BCUT2D eigenvalue weighted by molar-refractivity contribution is 0.416. The van der Waals surface area contributed by atoms with E-state index in [-0.39, 0.29) is 6.04 Å². The first-order valence-electron chi connectivity index (χ1n) is 5.86. The lowest BCUT2D eigenvalue weighted by atomic mass is 10.1. The van der Waals surface area contributed by atoms with Crippen LogP contribution in [0.3, 0.4) is 0 Å². The molecule has 0 radical (unpaired) electrons. The van der Waals surface area contributed by atoms with E-state index in [0.29, 0.717) is 0 Å². The Hall–Kier alpha value is -0.840. The molecule has 1 N–H and O–H groups in total. The van der Waals surface area contributed by atoms with E-state index in [2.05, 4.69) is 58.5 Å². The summed E-state index contributed by atoms with van der Waals surface area (Å²) in [5.41, 5.74) is 1.27. The van der Waals surface area contributed by atoms with Crippen LogP contribution in [0.5, 0.6) is 5.75 Å². The smallest absolute Gasteiger partial charge is 0.129 e. The van der Waals surface area contributed by atoms with E-state index in [4.69, 9.17) is 4.74 Å². The minimum atomic E-state index is 0.233. The second kappa shape index (κ2) is 6.36. The third-order valence-electron chi connectivity index (χ3n) is 2.73. The van der Waals surface area contributed by atoms with Crippen molar-refractivity contribution < 1.29 is 4.74 Å². The summed E-state index contributed by atoms with van der Waals surface area (Å²) in [6.07, 6.45) is 0. The first-order valence-corrected chi connectivity index (χ1v) is 7.53. The maximum absolute atomic E-state index is 5.25. The zero-order valence-corrected chi connectivity index (χ0v) is 12.8. The maximum atomic E-state index is 5.25. The van der Waals surface area contributed by atoms with E-state index in [9.17, 15) is 0 Å². The quantitative estimate of drug-likeness (QED) is 0.888. The van der Waals surface area contributed by atoms with Crippen LogP contribution >= 0.6 is 27.3 Å². The second-order valence-corrected chi connectivity index (χ2v) is 5.79. The van der Waals surface area contributed by atoms with Crippen molar-refractivity contribution in [2.24, 2.45) is 0 Å². The Balaban J connectivity index is 2.29. The Morgan fingerprint density at radius 1 is 1.33 bits per heavy atom. The summed E-state index contributed by atoms with van der Waals surface area (Å²) >= 11 is 5.19. The second-order valence-electron chi connectivity index (χ2n) is 3.93. The monoisotopic (exact) mass is 325 g/mol. The van der Waals surface area contributed by atoms with Crippen LogP contribution in [0, 0.1) is 0 Å². The lowest BCUT2D eigenvalue weighted by Crippen LogP contribution is -2.20. The van der Waals surface area contributed by atoms with Crippen LogP contribution in [0.4, 0.5) is 0 Å². The van der Waals surface area contributed by atoms with Crippen LogP contribution in [0.1, 0.15) is 23.4 Å². The number of ether oxygens (including phenoxy) is 1. The van der Waals surface area contributed by atoms with Gasteiger partial charge in [0.25, 0.3) is 0 Å². The van der Waals surface area contributed by atoms with Crippen LogP contribution < -0.4 is 10.1 Å². The third kappa shape index (κ3) is 3.13. The average Bonchev–Trinajstić information content (AvgIpc) is 2.86. The van der Waals surface area contributed by atoms with Gasteiger partial charge in [-0.3, -0.25) is 0 Å². The fourth-order valence-electron chi connectivity index (χ4n) is 1.83. The van der Waals surface area contributed by atoms with Crippen LogP contribution in [0.15, 0.2) is 40.2 Å². The van der Waals surface area contributed by atoms with Crippen molar-refractivity contribution in [3.05, 3.63) is 50.6 Å². The molecular weight excluding hydrogens is 310 g/mol. The van der Waals surface area contributed by atoms with Gasteiger partial charge in [0, 0.05) is 14.7 Å². The van der Waals surface area contributed by atoms with Crippen molar-refractivity contribution in [3.8, 4) is 5.75 Å². The van der Waals surface area contributed by atoms with Gasteiger partial charge in [0.2, 0.25) is 0 Å². The number of thiophene rings is 1. The Morgan fingerprint density at radius 2 is 2.06 bits per heavy atom. The first kappa shape index (κ1) is 13.6. The summed E-state index contributed by atoms with van der Waals surface area (Å²) in [6, 6.07) is 10.8. The number of rotatable bonds is 5. The van der Waals surface area contributed by atoms with Gasteiger partial charge >= 0.3 is 0 Å². The minimum absolute atomic E-state index is 0.233. The SMILES string of the molecule is CCNC(c1ccc(Br)cc1)c1cc(OC)cs1. The summed E-state index contributed by atoms with van der Waals surface area (Å²) in [4.78, 5) is 1.27. The van der Waals surface area contributed by atoms with Gasteiger partial charge in [-0.1, -0.05) is 35.0 Å². The predicted molar refractivity (Wildman–Crippen MR) is 80.5 cm³/mol. The Kier molecular flexibility index (Phi) is 4.80. The lowest BCUT2D eigenvalue weighted by Gasteiger charge is -2.16. The van der Waals surface area contributed by atoms with Crippen molar-refractivity contribution in [3.63, 3.8) is 0 Å². The highest BCUT2D eigenvalue weighted by Gasteiger charge is 2.15. The molecule has 0 spiro atoms. The van der Waals surface area contributed by atoms with E-state index in [1.807, 2.05) is 5.38 Å². The molecule has 2 nitrogen and oxygen atoms in total. The summed E-state index contributed by atoms with van der Waals surface area (Å²) < 4.78 is 6.36. The summed E-state index contributed by atoms with van der Waals surface area (Å²) in [5.74, 6) is 0.926. The molecule has 18 heavy (non-hydrogen) atoms. The molecule has 0 saturated carbocycles. The van der Waals surface area contributed by atoms with Gasteiger partial charge in [-0.2, -0.15) is 0 Å². The molecule has 1 atom stereocenters.